The monoisotopic (exact) mass is 543 g/mol. The van der Waals surface area contributed by atoms with E-state index in [9.17, 15) is 8.42 Å². The molecule has 1 fully saturated rings. The van der Waals surface area contributed by atoms with Gasteiger partial charge in [0.05, 0.1) is 5.52 Å². The second-order valence-corrected chi connectivity index (χ2v) is 12.7. The van der Waals surface area contributed by atoms with Gasteiger partial charge < -0.3 is 15.5 Å². The molecule has 2 aliphatic heterocycles. The molecule has 9 nitrogen and oxygen atoms in total. The van der Waals surface area contributed by atoms with Gasteiger partial charge in [-0.05, 0) is 56.3 Å². The molecule has 2 N–H and O–H groups in total. The van der Waals surface area contributed by atoms with Gasteiger partial charge in [0.25, 0.3) is 10.0 Å². The highest BCUT2D eigenvalue weighted by Crippen LogP contribution is 2.42. The summed E-state index contributed by atoms with van der Waals surface area (Å²) in [6.45, 7) is 6.34. The number of hydrogen-bond donors (Lipinski definition) is 2. The maximum atomic E-state index is 14.0. The van der Waals surface area contributed by atoms with Crippen LogP contribution in [-0.2, 0) is 15.4 Å². The van der Waals surface area contributed by atoms with Crippen LogP contribution in [0.5, 0.6) is 0 Å². The van der Waals surface area contributed by atoms with E-state index in [0.29, 0.717) is 23.3 Å². The molecule has 2 aromatic heterocycles. The Labute approximate surface area is 229 Å². The molecule has 39 heavy (non-hydrogen) atoms. The lowest BCUT2D eigenvalue weighted by atomic mass is 9.89. The molecule has 0 radical (unpaired) electrons. The predicted molar refractivity (Wildman–Crippen MR) is 155 cm³/mol. The van der Waals surface area contributed by atoms with Crippen molar-refractivity contribution in [2.24, 2.45) is 0 Å². The number of rotatable bonds is 6. The number of nitrogens with one attached hydrogen (secondary N) is 2. The van der Waals surface area contributed by atoms with Crippen LogP contribution < -0.4 is 19.8 Å². The van der Waals surface area contributed by atoms with Crippen molar-refractivity contribution >= 4 is 44.1 Å². The van der Waals surface area contributed by atoms with Crippen molar-refractivity contribution < 1.29 is 8.42 Å². The molecular formula is C29H33N7O2S. The molecule has 0 spiro atoms. The van der Waals surface area contributed by atoms with Crippen LogP contribution in [-0.4, -0.2) is 56.1 Å². The van der Waals surface area contributed by atoms with Crippen LogP contribution in [0.4, 0.5) is 23.1 Å². The van der Waals surface area contributed by atoms with Gasteiger partial charge in [-0.25, -0.2) is 17.7 Å². The van der Waals surface area contributed by atoms with Crippen LogP contribution in [0.15, 0.2) is 71.9 Å². The van der Waals surface area contributed by atoms with Gasteiger partial charge in [0.2, 0.25) is 5.95 Å². The number of hydrogen-bond acceptors (Lipinski definition) is 8. The Bertz CT molecular complexity index is 1610. The lowest BCUT2D eigenvalue weighted by Crippen LogP contribution is -2.41. The molecule has 6 rings (SSSR count). The number of fused-ring (bicyclic) bond motifs is 2. The molecule has 202 valence electrons. The molecule has 0 atom stereocenters. The van der Waals surface area contributed by atoms with Crippen molar-refractivity contribution in [1.82, 2.24) is 20.3 Å². The summed E-state index contributed by atoms with van der Waals surface area (Å²) in [6.07, 6.45) is 5.61. The van der Waals surface area contributed by atoms with Crippen LogP contribution in [0.25, 0.3) is 10.9 Å². The first kappa shape index (κ1) is 25.5. The first-order valence-corrected chi connectivity index (χ1v) is 14.7. The zero-order valence-corrected chi connectivity index (χ0v) is 23.2. The molecule has 10 heteroatoms. The van der Waals surface area contributed by atoms with E-state index in [1.165, 1.54) is 9.99 Å². The van der Waals surface area contributed by atoms with E-state index in [1.54, 1.807) is 30.6 Å². The average molecular weight is 544 g/mol. The smallest absolute Gasteiger partial charge is 0.267 e. The number of pyridine rings is 1. The number of nitrogens with zero attached hydrogens (tertiary/aromatic N) is 5. The summed E-state index contributed by atoms with van der Waals surface area (Å²) < 4.78 is 29.4. The number of piperidine rings is 1. The summed E-state index contributed by atoms with van der Waals surface area (Å²) in [5, 5.41) is 7.41. The van der Waals surface area contributed by atoms with Crippen LogP contribution in [0.2, 0.25) is 0 Å². The van der Waals surface area contributed by atoms with E-state index in [1.807, 2.05) is 45.2 Å². The lowest BCUT2D eigenvalue weighted by molar-refractivity contribution is 0.442. The molecule has 0 amide bonds. The topological polar surface area (TPSA) is 103 Å². The summed E-state index contributed by atoms with van der Waals surface area (Å²) in [6, 6.07) is 17.7. The molecule has 1 saturated heterocycles. The summed E-state index contributed by atoms with van der Waals surface area (Å²) >= 11 is 0. The normalized spacial score (nSPS) is 17.4. The first-order valence-electron chi connectivity index (χ1n) is 13.3. The summed E-state index contributed by atoms with van der Waals surface area (Å²) in [5.74, 6) is 0.750. The lowest BCUT2D eigenvalue weighted by Gasteiger charge is -2.33. The van der Waals surface area contributed by atoms with Gasteiger partial charge in [-0.15, -0.1) is 0 Å². The molecule has 2 aliphatic rings. The molecule has 0 aliphatic carbocycles. The van der Waals surface area contributed by atoms with Gasteiger partial charge >= 0.3 is 0 Å². The molecule has 0 saturated carbocycles. The van der Waals surface area contributed by atoms with Gasteiger partial charge in [-0.1, -0.05) is 32.0 Å². The van der Waals surface area contributed by atoms with E-state index in [0.717, 1.165) is 42.6 Å². The van der Waals surface area contributed by atoms with Crippen molar-refractivity contribution in [3.8, 4) is 0 Å². The van der Waals surface area contributed by atoms with Gasteiger partial charge in [-0.2, -0.15) is 4.98 Å². The second kappa shape index (κ2) is 9.77. The third kappa shape index (κ3) is 4.68. The van der Waals surface area contributed by atoms with Gasteiger partial charge in [0.1, 0.15) is 4.90 Å². The number of sulfonamides is 1. The largest absolute Gasteiger partial charge is 0.371 e. The van der Waals surface area contributed by atoms with Gasteiger partial charge in [-0.3, -0.25) is 4.98 Å². The fourth-order valence-corrected chi connectivity index (χ4v) is 7.30. The molecular weight excluding hydrogens is 510 g/mol. The van der Waals surface area contributed by atoms with Crippen molar-refractivity contribution in [2.45, 2.75) is 43.0 Å². The zero-order valence-electron chi connectivity index (χ0n) is 22.4. The van der Waals surface area contributed by atoms with Crippen LogP contribution in [0, 0.1) is 0 Å². The van der Waals surface area contributed by atoms with Crippen LogP contribution in [0.3, 0.4) is 0 Å². The minimum absolute atomic E-state index is 0.173. The van der Waals surface area contributed by atoms with E-state index >= 15 is 0 Å². The van der Waals surface area contributed by atoms with Crippen LogP contribution in [0.1, 0.15) is 32.3 Å². The van der Waals surface area contributed by atoms with Crippen LogP contribution >= 0.6 is 0 Å². The Morgan fingerprint density at radius 1 is 0.974 bits per heavy atom. The van der Waals surface area contributed by atoms with Crippen molar-refractivity contribution in [3.05, 3.63) is 72.6 Å². The van der Waals surface area contributed by atoms with E-state index in [4.69, 9.17) is 4.98 Å². The number of benzene rings is 2. The van der Waals surface area contributed by atoms with Crippen molar-refractivity contribution in [1.29, 1.82) is 0 Å². The van der Waals surface area contributed by atoms with Gasteiger partial charge in [0, 0.05) is 65.8 Å². The van der Waals surface area contributed by atoms with Crippen molar-refractivity contribution in [2.75, 3.05) is 41.2 Å². The van der Waals surface area contributed by atoms with Gasteiger partial charge in [0.15, 0.2) is 5.82 Å². The Morgan fingerprint density at radius 2 is 1.72 bits per heavy atom. The fourth-order valence-electron chi connectivity index (χ4n) is 5.53. The van der Waals surface area contributed by atoms with Crippen molar-refractivity contribution in [3.63, 3.8) is 0 Å². The maximum Gasteiger partial charge on any atom is 0.267 e. The Morgan fingerprint density at radius 3 is 2.46 bits per heavy atom. The minimum Gasteiger partial charge on any atom is -0.371 e. The standard InChI is InChI=1S/C29H33N7O2S/c1-29(2)19-36(39(37,38)25-8-4-6-20-7-5-15-31-26(20)25)27-24(29)18-32-28(34-27)33-22-9-11-23(12-10-22)35-16-13-21(30-3)14-17-35/h4-12,15,18,21,30H,13-14,16-17,19H2,1-3H3,(H,32,33,34). The number of aromatic nitrogens is 3. The third-order valence-corrected chi connectivity index (χ3v) is 9.60. The maximum absolute atomic E-state index is 14.0. The molecule has 2 aromatic carbocycles. The molecule has 4 heterocycles. The highest BCUT2D eigenvalue weighted by atomic mass is 32.2. The molecule has 0 unspecified atom stereocenters. The third-order valence-electron chi connectivity index (χ3n) is 7.83. The summed E-state index contributed by atoms with van der Waals surface area (Å²) in [7, 11) is -1.89. The molecule has 4 aromatic rings. The molecule has 0 bridgehead atoms. The zero-order chi connectivity index (χ0) is 27.2. The first-order chi connectivity index (χ1) is 18.8. The Kier molecular flexibility index (Phi) is 6.39. The highest BCUT2D eigenvalue weighted by molar-refractivity contribution is 7.93. The quantitative estimate of drug-likeness (QED) is 0.368. The predicted octanol–water partition coefficient (Wildman–Crippen LogP) is 4.44. The minimum atomic E-state index is -3.92. The second-order valence-electron chi connectivity index (χ2n) is 10.9. The van der Waals surface area contributed by atoms with E-state index in [-0.39, 0.29) is 11.4 Å². The summed E-state index contributed by atoms with van der Waals surface area (Å²) in [4.78, 5) is 16.2. The van der Waals surface area contributed by atoms with E-state index in [2.05, 4.69) is 37.6 Å². The average Bonchev–Trinajstić information content (AvgIpc) is 3.23. The van der Waals surface area contributed by atoms with E-state index < -0.39 is 15.4 Å². The number of para-hydroxylation sites is 1. The SMILES string of the molecule is CNC1CCN(c2ccc(Nc3ncc4c(n3)N(S(=O)(=O)c3cccc5cccnc35)CC4(C)C)cc2)CC1. The highest BCUT2D eigenvalue weighted by Gasteiger charge is 2.43. The summed E-state index contributed by atoms with van der Waals surface area (Å²) in [5.41, 5.74) is 2.84. The number of anilines is 4. The fraction of sp³-hybridized carbons (Fsp3) is 0.345. The Hall–Kier alpha value is -3.76. The Balaban J connectivity index is 1.28.